The molecule has 0 atom stereocenters. The molecule has 66 valence electrons. The van der Waals surface area contributed by atoms with E-state index in [-0.39, 0.29) is 11.2 Å². The molecule has 1 aromatic rings. The summed E-state index contributed by atoms with van der Waals surface area (Å²) in [6.45, 7) is 4.43. The molecule has 5 heteroatoms. The van der Waals surface area contributed by atoms with Crippen molar-refractivity contribution in [1.29, 1.82) is 0 Å². The monoisotopic (exact) mass is 169 g/mol. The summed E-state index contributed by atoms with van der Waals surface area (Å²) >= 11 is 0. The van der Waals surface area contributed by atoms with Crippen LogP contribution in [0.3, 0.4) is 0 Å². The molecule has 0 aliphatic rings. The molecule has 0 N–H and O–H groups in total. The van der Waals surface area contributed by atoms with Gasteiger partial charge in [-0.05, 0) is 13.8 Å². The molecule has 1 aromatic heterocycles. The van der Waals surface area contributed by atoms with Crippen molar-refractivity contribution in [2.45, 2.75) is 26.9 Å². The molecule has 12 heavy (non-hydrogen) atoms. The quantitative estimate of drug-likeness (QED) is 0.596. The molecule has 0 bridgehead atoms. The van der Waals surface area contributed by atoms with Gasteiger partial charge in [-0.3, -0.25) is 9.36 Å². The maximum atomic E-state index is 11.3. The Morgan fingerprint density at radius 3 is 2.50 bits per heavy atom. The molecule has 0 aliphatic carbocycles. The smallest absolute Gasteiger partial charge is 0.267 e. The summed E-state index contributed by atoms with van der Waals surface area (Å²) in [5.41, 5.74) is -0.681. The summed E-state index contributed by atoms with van der Waals surface area (Å²) in [5.74, 6) is 0. The maximum Gasteiger partial charge on any atom is 0.347 e. The third-order valence-electron chi connectivity index (χ3n) is 1.64. The SMILES string of the molecule is CCn1ncc(=O)n(CC)c1=O. The molecule has 0 spiro atoms. The van der Waals surface area contributed by atoms with Gasteiger partial charge in [0.1, 0.15) is 6.20 Å². The van der Waals surface area contributed by atoms with Crippen LogP contribution in [-0.2, 0) is 13.1 Å². The van der Waals surface area contributed by atoms with E-state index in [1.807, 2.05) is 0 Å². The summed E-state index contributed by atoms with van der Waals surface area (Å²) in [6.07, 6.45) is 1.16. The van der Waals surface area contributed by atoms with Gasteiger partial charge in [0.25, 0.3) is 5.56 Å². The minimum absolute atomic E-state index is 0.340. The average molecular weight is 169 g/mol. The van der Waals surface area contributed by atoms with E-state index >= 15 is 0 Å². The van der Waals surface area contributed by atoms with Gasteiger partial charge in [-0.1, -0.05) is 0 Å². The van der Waals surface area contributed by atoms with E-state index in [4.69, 9.17) is 0 Å². The normalized spacial score (nSPS) is 10.2. The Morgan fingerprint density at radius 1 is 1.33 bits per heavy atom. The summed E-state index contributed by atoms with van der Waals surface area (Å²) in [5, 5.41) is 3.68. The Labute approximate surface area is 69.3 Å². The van der Waals surface area contributed by atoms with Crippen LogP contribution < -0.4 is 11.2 Å². The number of hydrogen-bond acceptors (Lipinski definition) is 3. The number of rotatable bonds is 2. The van der Waals surface area contributed by atoms with Gasteiger partial charge in [0, 0.05) is 13.1 Å². The Hall–Kier alpha value is -1.39. The summed E-state index contributed by atoms with van der Waals surface area (Å²) in [6, 6.07) is 0. The molecular formula is C7H11N3O2. The zero-order valence-electron chi connectivity index (χ0n) is 7.15. The first-order valence-electron chi connectivity index (χ1n) is 3.87. The molecule has 5 nitrogen and oxygen atoms in total. The van der Waals surface area contributed by atoms with Gasteiger partial charge in [0.05, 0.1) is 0 Å². The van der Waals surface area contributed by atoms with Crippen molar-refractivity contribution < 1.29 is 0 Å². The number of aromatic nitrogens is 3. The third kappa shape index (κ3) is 1.30. The largest absolute Gasteiger partial charge is 0.347 e. The lowest BCUT2D eigenvalue weighted by Crippen LogP contribution is -2.40. The highest BCUT2D eigenvalue weighted by Crippen LogP contribution is 1.72. The van der Waals surface area contributed by atoms with Crippen molar-refractivity contribution >= 4 is 0 Å². The van der Waals surface area contributed by atoms with Crippen LogP contribution in [0.2, 0.25) is 0 Å². The highest BCUT2D eigenvalue weighted by atomic mass is 16.2. The van der Waals surface area contributed by atoms with Crippen LogP contribution in [-0.4, -0.2) is 14.3 Å². The van der Waals surface area contributed by atoms with E-state index in [9.17, 15) is 9.59 Å². The zero-order chi connectivity index (χ0) is 9.14. The van der Waals surface area contributed by atoms with E-state index < -0.39 is 0 Å². The van der Waals surface area contributed by atoms with Crippen molar-refractivity contribution in [3.8, 4) is 0 Å². The second kappa shape index (κ2) is 3.34. The maximum absolute atomic E-state index is 11.3. The molecule has 0 saturated heterocycles. The number of nitrogens with zero attached hydrogens (tertiary/aromatic N) is 3. The molecule has 0 amide bonds. The Kier molecular flexibility index (Phi) is 2.42. The van der Waals surface area contributed by atoms with Gasteiger partial charge in [-0.25, -0.2) is 9.48 Å². The fraction of sp³-hybridized carbons (Fsp3) is 0.571. The average Bonchev–Trinajstić information content (AvgIpc) is 2.06. The lowest BCUT2D eigenvalue weighted by atomic mass is 10.6. The van der Waals surface area contributed by atoms with Crippen LogP contribution >= 0.6 is 0 Å². The number of hydrogen-bond donors (Lipinski definition) is 0. The number of aryl methyl sites for hydroxylation is 1. The Bertz CT molecular complexity index is 377. The van der Waals surface area contributed by atoms with Gasteiger partial charge in [-0.15, -0.1) is 0 Å². The first-order valence-corrected chi connectivity index (χ1v) is 3.87. The highest BCUT2D eigenvalue weighted by Gasteiger charge is 2.01. The molecule has 0 aromatic carbocycles. The summed E-state index contributed by atoms with van der Waals surface area (Å²) in [7, 11) is 0. The van der Waals surface area contributed by atoms with Gasteiger partial charge in [0.15, 0.2) is 0 Å². The van der Waals surface area contributed by atoms with Crippen LogP contribution in [0.15, 0.2) is 15.8 Å². The zero-order valence-corrected chi connectivity index (χ0v) is 7.15. The predicted molar refractivity (Wildman–Crippen MR) is 44.1 cm³/mol. The van der Waals surface area contributed by atoms with Crippen molar-refractivity contribution in [2.75, 3.05) is 0 Å². The van der Waals surface area contributed by atoms with E-state index in [1.54, 1.807) is 13.8 Å². The van der Waals surface area contributed by atoms with Crippen molar-refractivity contribution in [2.24, 2.45) is 0 Å². The van der Waals surface area contributed by atoms with E-state index in [2.05, 4.69) is 5.10 Å². The fourth-order valence-corrected chi connectivity index (χ4v) is 0.980. The van der Waals surface area contributed by atoms with Gasteiger partial charge >= 0.3 is 5.69 Å². The van der Waals surface area contributed by atoms with Crippen LogP contribution in [0.5, 0.6) is 0 Å². The lowest BCUT2D eigenvalue weighted by molar-refractivity contribution is 0.521. The van der Waals surface area contributed by atoms with Gasteiger partial charge in [0.2, 0.25) is 0 Å². The first kappa shape index (κ1) is 8.70. The van der Waals surface area contributed by atoms with Gasteiger partial charge in [-0.2, -0.15) is 5.10 Å². The molecule has 1 heterocycles. The molecule has 0 fully saturated rings. The molecule has 0 aliphatic heterocycles. The molecular weight excluding hydrogens is 158 g/mol. The summed E-state index contributed by atoms with van der Waals surface area (Å²) < 4.78 is 2.40. The van der Waals surface area contributed by atoms with Crippen molar-refractivity contribution in [3.63, 3.8) is 0 Å². The highest BCUT2D eigenvalue weighted by molar-refractivity contribution is 4.74. The Morgan fingerprint density at radius 2 is 2.00 bits per heavy atom. The second-order valence-electron chi connectivity index (χ2n) is 2.33. The topological polar surface area (TPSA) is 56.9 Å². The molecule has 1 rings (SSSR count). The molecule has 0 unspecified atom stereocenters. The Balaban J connectivity index is 3.45. The van der Waals surface area contributed by atoms with Crippen LogP contribution in [0, 0.1) is 0 Å². The lowest BCUT2D eigenvalue weighted by Gasteiger charge is -2.02. The van der Waals surface area contributed by atoms with E-state index in [0.717, 1.165) is 10.8 Å². The van der Waals surface area contributed by atoms with E-state index in [0.29, 0.717) is 13.1 Å². The van der Waals surface area contributed by atoms with E-state index in [1.165, 1.54) is 4.68 Å². The fourth-order valence-electron chi connectivity index (χ4n) is 0.980. The van der Waals surface area contributed by atoms with Crippen LogP contribution in [0.1, 0.15) is 13.8 Å². The minimum atomic E-state index is -0.341. The second-order valence-corrected chi connectivity index (χ2v) is 2.33. The van der Waals surface area contributed by atoms with Crippen molar-refractivity contribution in [3.05, 3.63) is 27.0 Å². The molecule has 0 radical (unpaired) electrons. The van der Waals surface area contributed by atoms with Crippen molar-refractivity contribution in [1.82, 2.24) is 14.3 Å². The minimum Gasteiger partial charge on any atom is -0.267 e. The first-order chi connectivity index (χ1) is 5.70. The molecule has 0 saturated carbocycles. The predicted octanol–water partition coefficient (Wildman–Crippen LogP) is -0.555. The summed E-state index contributed by atoms with van der Waals surface area (Å²) in [4.78, 5) is 22.3. The van der Waals surface area contributed by atoms with Crippen LogP contribution in [0.4, 0.5) is 0 Å². The van der Waals surface area contributed by atoms with Gasteiger partial charge < -0.3 is 0 Å². The standard InChI is InChI=1S/C7H11N3O2/c1-3-9-6(11)5-8-10(4-2)7(9)12/h5H,3-4H2,1-2H3. The third-order valence-corrected chi connectivity index (χ3v) is 1.64. The van der Waals surface area contributed by atoms with Crippen LogP contribution in [0.25, 0.3) is 0 Å².